The van der Waals surface area contributed by atoms with E-state index in [1.807, 2.05) is 57.2 Å². The fourth-order valence-corrected chi connectivity index (χ4v) is 7.13. The topological polar surface area (TPSA) is 156 Å². The Labute approximate surface area is 283 Å². The Morgan fingerprint density at radius 1 is 1.10 bits per heavy atom. The number of fused-ring (bicyclic) bond motifs is 2. The molecule has 256 valence electrons. The molecule has 0 amide bonds. The second-order valence-electron chi connectivity index (χ2n) is 13.1. The van der Waals surface area contributed by atoms with Gasteiger partial charge in [0, 0.05) is 52.4 Å². The van der Waals surface area contributed by atoms with Crippen LogP contribution >= 0.6 is 0 Å². The summed E-state index contributed by atoms with van der Waals surface area (Å²) in [6.45, 7) is 13.2. The molecule has 0 spiro atoms. The van der Waals surface area contributed by atoms with Crippen molar-refractivity contribution in [3.63, 3.8) is 0 Å². The molecule has 0 aliphatic carbocycles. The van der Waals surface area contributed by atoms with Crippen molar-refractivity contribution in [3.05, 3.63) is 99.6 Å². The second kappa shape index (κ2) is 15.0. The summed E-state index contributed by atoms with van der Waals surface area (Å²) < 4.78 is 40.7. The lowest BCUT2D eigenvalue weighted by atomic mass is 9.81. The van der Waals surface area contributed by atoms with Crippen LogP contribution in [0.3, 0.4) is 0 Å². The molecule has 2 aliphatic heterocycles. The summed E-state index contributed by atoms with van der Waals surface area (Å²) in [4.78, 5) is 18.1. The Balaban J connectivity index is 1.58. The van der Waals surface area contributed by atoms with Crippen LogP contribution in [0.15, 0.2) is 82.5 Å². The van der Waals surface area contributed by atoms with Crippen molar-refractivity contribution in [1.29, 1.82) is 0 Å². The van der Waals surface area contributed by atoms with E-state index in [0.29, 0.717) is 25.8 Å². The molecule has 48 heavy (non-hydrogen) atoms. The predicted molar refractivity (Wildman–Crippen MR) is 187 cm³/mol. The molecule has 2 N–H and O–H groups in total. The maximum atomic E-state index is 13.3. The van der Waals surface area contributed by atoms with E-state index in [4.69, 9.17) is 15.4 Å². The Morgan fingerprint density at radius 3 is 2.52 bits per heavy atom. The molecule has 2 aliphatic rings. The van der Waals surface area contributed by atoms with E-state index in [-0.39, 0.29) is 35.9 Å². The molecule has 2 heterocycles. The summed E-state index contributed by atoms with van der Waals surface area (Å²) in [5.74, 6) is 0.0482. The molecule has 11 nitrogen and oxygen atoms in total. The molecule has 0 fully saturated rings. The zero-order chi connectivity index (χ0) is 35.3. The number of likely N-dealkylation sites (N-methyl/N-ethyl adjacent to an activating group) is 1. The smallest absolute Gasteiger partial charge is 0.294 e. The van der Waals surface area contributed by atoms with Gasteiger partial charge >= 0.3 is 0 Å². The first-order valence-electron chi connectivity index (χ1n) is 16.2. The average molecular weight is 677 g/mol. The van der Waals surface area contributed by atoms with Gasteiger partial charge < -0.3 is 14.7 Å². The first-order chi connectivity index (χ1) is 22.7. The van der Waals surface area contributed by atoms with E-state index >= 15 is 0 Å². The Hall–Kier alpha value is -4.06. The molecular formula is C36H46N5O6S+. The van der Waals surface area contributed by atoms with Gasteiger partial charge in [0.2, 0.25) is 12.2 Å². The number of hydrogen-bond acceptors (Lipinski definition) is 7. The Morgan fingerprint density at radius 2 is 1.85 bits per heavy atom. The number of carbonyl (C=O) groups excluding carboxylic acids is 1. The molecule has 0 bridgehead atoms. The number of allylic oxidation sites excluding steroid dienone is 6. The van der Waals surface area contributed by atoms with Gasteiger partial charge in [-0.15, -0.1) is 0 Å². The zero-order valence-electron chi connectivity index (χ0n) is 28.5. The molecule has 4 rings (SSSR count). The highest BCUT2D eigenvalue weighted by molar-refractivity contribution is 7.85. The van der Waals surface area contributed by atoms with E-state index < -0.39 is 21.8 Å². The number of ketones is 1. The van der Waals surface area contributed by atoms with E-state index in [1.165, 1.54) is 6.07 Å². The van der Waals surface area contributed by atoms with Crippen molar-refractivity contribution >= 4 is 33.0 Å². The minimum absolute atomic E-state index is 0.0482. The van der Waals surface area contributed by atoms with Crippen LogP contribution < -0.4 is 4.90 Å². The number of benzene rings is 2. The van der Waals surface area contributed by atoms with Crippen molar-refractivity contribution in [1.82, 2.24) is 0 Å². The first kappa shape index (κ1) is 36.8. The number of anilines is 1. The van der Waals surface area contributed by atoms with E-state index in [1.54, 1.807) is 12.1 Å². The normalized spacial score (nSPS) is 18.1. The number of aryl methyl sites for hydroxylation is 1. The third-order valence-electron chi connectivity index (χ3n) is 9.08. The number of ether oxygens (including phenoxy) is 1. The van der Waals surface area contributed by atoms with Crippen molar-refractivity contribution in [2.24, 2.45) is 5.11 Å². The largest absolute Gasteiger partial charge is 0.394 e. The SMILES string of the molecule is CCN1C(=CC=CC=CC2=[N+](CC(=O)CCCC(N=[N+]=[N-])OCCO)c3ccc(C)cc3C2(C)C)C(C)(C)c2cc(S(=O)(=O)O)ccc21. The van der Waals surface area contributed by atoms with E-state index in [2.05, 4.69) is 52.4 Å². The molecule has 2 aromatic rings. The number of azide groups is 1. The molecule has 2 aromatic carbocycles. The van der Waals surface area contributed by atoms with Gasteiger partial charge in [-0.1, -0.05) is 48.8 Å². The highest BCUT2D eigenvalue weighted by Crippen LogP contribution is 2.48. The van der Waals surface area contributed by atoms with Crippen molar-refractivity contribution in [2.45, 2.75) is 82.8 Å². The van der Waals surface area contributed by atoms with Crippen LogP contribution in [-0.2, 0) is 30.5 Å². The lowest BCUT2D eigenvalue weighted by Gasteiger charge is -2.25. The maximum Gasteiger partial charge on any atom is 0.294 e. The van der Waals surface area contributed by atoms with Crippen molar-refractivity contribution in [2.75, 3.05) is 31.2 Å². The summed E-state index contributed by atoms with van der Waals surface area (Å²) in [5.41, 5.74) is 15.0. The molecule has 0 radical (unpaired) electrons. The van der Waals surface area contributed by atoms with Crippen LogP contribution in [0.5, 0.6) is 0 Å². The van der Waals surface area contributed by atoms with E-state index in [0.717, 1.165) is 39.5 Å². The lowest BCUT2D eigenvalue weighted by molar-refractivity contribution is -0.425. The van der Waals surface area contributed by atoms with Crippen LogP contribution in [-0.4, -0.2) is 66.7 Å². The standard InChI is InChI=1S/C36H45N5O6S/c1-7-40-30-19-17-27(48(44,45)46)23-29(30)36(5,6)32(40)13-9-8-10-14-33-35(3,4)28-22-25(2)16-18-31(28)41(33)24-26(43)12-11-15-34(38-39-37)47-21-20-42/h8-10,13-14,16-19,22-23,34,42H,7,11-12,15,20-21,24H2,1-6H3/p+1. The van der Waals surface area contributed by atoms with Crippen molar-refractivity contribution < 1.29 is 32.2 Å². The maximum absolute atomic E-state index is 13.3. The minimum atomic E-state index is -4.32. The third-order valence-corrected chi connectivity index (χ3v) is 9.93. The molecular weight excluding hydrogens is 630 g/mol. The quantitative estimate of drug-likeness (QED) is 0.0524. The van der Waals surface area contributed by atoms with Gasteiger partial charge in [0.1, 0.15) is 6.23 Å². The van der Waals surface area contributed by atoms with Gasteiger partial charge in [-0.3, -0.25) is 9.35 Å². The molecule has 1 unspecified atom stereocenters. The second-order valence-corrected chi connectivity index (χ2v) is 14.5. The molecule has 1 atom stereocenters. The van der Waals surface area contributed by atoms with Crippen LogP contribution in [0.1, 0.15) is 70.6 Å². The van der Waals surface area contributed by atoms with Gasteiger partial charge in [-0.05, 0) is 82.0 Å². The zero-order valence-corrected chi connectivity index (χ0v) is 29.4. The molecule has 12 heteroatoms. The van der Waals surface area contributed by atoms with Gasteiger partial charge in [0.15, 0.2) is 11.5 Å². The van der Waals surface area contributed by atoms with Gasteiger partial charge in [-0.25, -0.2) is 0 Å². The number of Topliss-reactive ketones (excluding diaryl/α,β-unsaturated/α-hetero) is 1. The Bertz CT molecular complexity index is 1830. The number of nitrogens with zero attached hydrogens (tertiary/aromatic N) is 5. The number of aliphatic hydroxyl groups is 1. The average Bonchev–Trinajstić information content (AvgIpc) is 3.36. The van der Waals surface area contributed by atoms with E-state index in [9.17, 15) is 17.8 Å². The van der Waals surface area contributed by atoms with Crippen LogP contribution in [0.25, 0.3) is 10.4 Å². The molecule has 0 aromatic heterocycles. The van der Waals surface area contributed by atoms with Gasteiger partial charge in [-0.2, -0.15) is 13.0 Å². The highest BCUT2D eigenvalue weighted by Gasteiger charge is 2.45. The number of carbonyl (C=O) groups is 1. The monoisotopic (exact) mass is 676 g/mol. The van der Waals surface area contributed by atoms with Crippen LogP contribution in [0.2, 0.25) is 0 Å². The summed E-state index contributed by atoms with van der Waals surface area (Å²) in [6, 6.07) is 11.0. The van der Waals surface area contributed by atoms with Gasteiger partial charge in [0.05, 0.1) is 23.5 Å². The number of aliphatic hydroxyl groups excluding tert-OH is 1. The lowest BCUT2D eigenvalue weighted by Crippen LogP contribution is -2.29. The number of rotatable bonds is 15. The third kappa shape index (κ3) is 7.80. The molecule has 0 saturated heterocycles. The fourth-order valence-electron chi connectivity index (χ4n) is 6.62. The summed E-state index contributed by atoms with van der Waals surface area (Å²) in [7, 11) is -4.32. The minimum Gasteiger partial charge on any atom is -0.394 e. The van der Waals surface area contributed by atoms with Crippen LogP contribution in [0.4, 0.5) is 11.4 Å². The summed E-state index contributed by atoms with van der Waals surface area (Å²) in [6.07, 6.45) is 10.4. The number of hydrogen-bond donors (Lipinski definition) is 2. The van der Waals surface area contributed by atoms with Gasteiger partial charge in [0.25, 0.3) is 10.1 Å². The summed E-state index contributed by atoms with van der Waals surface area (Å²) in [5, 5.41) is 12.6. The summed E-state index contributed by atoms with van der Waals surface area (Å²) >= 11 is 0. The first-order valence-corrected chi connectivity index (χ1v) is 17.6. The van der Waals surface area contributed by atoms with Crippen LogP contribution in [0, 0.1) is 6.92 Å². The van der Waals surface area contributed by atoms with Crippen molar-refractivity contribution in [3.8, 4) is 0 Å². The fraction of sp³-hybridized carbons (Fsp3) is 0.444. The molecule has 0 saturated carbocycles. The highest BCUT2D eigenvalue weighted by atomic mass is 32.2. The Kier molecular flexibility index (Phi) is 11.5. The predicted octanol–water partition coefficient (Wildman–Crippen LogP) is 6.82.